The van der Waals surface area contributed by atoms with E-state index in [1.165, 1.54) is 27.7 Å². The van der Waals surface area contributed by atoms with Crippen molar-refractivity contribution < 1.29 is 44.5 Å². The molecule has 1 atom stereocenters. The summed E-state index contributed by atoms with van der Waals surface area (Å²) in [6.45, 7) is 5.45. The highest BCUT2D eigenvalue weighted by atomic mass is 32.2. The smallest absolute Gasteiger partial charge is 0.358 e. The Hall–Kier alpha value is -0.190. The molecule has 0 aromatic heterocycles. The minimum Gasteiger partial charge on any atom is -0.358 e. The SMILES string of the molecule is CC(C)OP(=O)(OC(C)C)[C@H](O)OS(=O)(=O)C(F)(F)F. The summed E-state index contributed by atoms with van der Waals surface area (Å²) in [6, 6.07) is -2.92. The molecule has 0 aliphatic heterocycles. The van der Waals surface area contributed by atoms with Crippen LogP contribution in [-0.2, 0) is 27.9 Å². The highest BCUT2D eigenvalue weighted by Crippen LogP contribution is 2.55. The summed E-state index contributed by atoms with van der Waals surface area (Å²) in [6.07, 6.45) is -1.63. The zero-order valence-electron chi connectivity index (χ0n) is 11.1. The van der Waals surface area contributed by atoms with Crippen LogP contribution in [0.15, 0.2) is 0 Å². The van der Waals surface area contributed by atoms with E-state index >= 15 is 0 Å². The minimum atomic E-state index is -6.13. The van der Waals surface area contributed by atoms with E-state index in [1.807, 2.05) is 0 Å². The van der Waals surface area contributed by atoms with E-state index in [1.54, 1.807) is 0 Å². The van der Waals surface area contributed by atoms with Gasteiger partial charge >= 0.3 is 23.2 Å². The van der Waals surface area contributed by atoms with Gasteiger partial charge in [0.15, 0.2) is 0 Å². The molecule has 0 fully saturated rings. The molecule has 0 saturated heterocycles. The summed E-state index contributed by atoms with van der Waals surface area (Å²) in [5.41, 5.74) is -5.77. The largest absolute Gasteiger partial charge is 0.523 e. The van der Waals surface area contributed by atoms with Gasteiger partial charge in [0.2, 0.25) is 0 Å². The Morgan fingerprint density at radius 2 is 1.40 bits per heavy atom. The predicted octanol–water partition coefficient (Wildman–Crippen LogP) is 2.17. The second kappa shape index (κ2) is 6.71. The maximum atomic E-state index is 12.1. The first-order valence-electron chi connectivity index (χ1n) is 5.35. The van der Waals surface area contributed by atoms with Crippen LogP contribution in [0.25, 0.3) is 0 Å². The van der Waals surface area contributed by atoms with Gasteiger partial charge in [-0.25, -0.2) is 4.18 Å². The molecule has 0 saturated carbocycles. The highest BCUT2D eigenvalue weighted by Gasteiger charge is 2.52. The summed E-state index contributed by atoms with van der Waals surface area (Å²) >= 11 is 0. The number of hydrogen-bond acceptors (Lipinski definition) is 7. The van der Waals surface area contributed by atoms with Crippen LogP contribution in [-0.4, -0.2) is 37.3 Å². The molecular weight excluding hydrogens is 328 g/mol. The standard InChI is InChI=1S/C8H16F3O7PS/c1-5(2)16-19(13,17-6(3)4)7(12)18-20(14,15)8(9,10)11/h5-7,12H,1-4H3/t7-/m1/s1. The fourth-order valence-electron chi connectivity index (χ4n) is 0.937. The minimum absolute atomic E-state index is 0.813. The lowest BCUT2D eigenvalue weighted by Crippen LogP contribution is -2.31. The average Bonchev–Trinajstić information content (AvgIpc) is 2.11. The van der Waals surface area contributed by atoms with Crippen molar-refractivity contribution in [2.75, 3.05) is 0 Å². The summed E-state index contributed by atoms with van der Waals surface area (Å²) in [4.78, 5) is 0. The monoisotopic (exact) mass is 344 g/mol. The number of aliphatic hydroxyl groups is 1. The van der Waals surface area contributed by atoms with Gasteiger partial charge in [-0.3, -0.25) is 4.57 Å². The van der Waals surface area contributed by atoms with Gasteiger partial charge in [-0.05, 0) is 27.7 Å². The molecular formula is C8H16F3O7PS. The first-order chi connectivity index (χ1) is 8.71. The lowest BCUT2D eigenvalue weighted by molar-refractivity contribution is -0.0690. The third-order valence-corrected chi connectivity index (χ3v) is 4.70. The van der Waals surface area contributed by atoms with Gasteiger partial charge < -0.3 is 14.2 Å². The second-order valence-corrected chi connectivity index (χ2v) is 7.68. The second-order valence-electron chi connectivity index (χ2n) is 4.17. The van der Waals surface area contributed by atoms with Crippen LogP contribution >= 0.6 is 7.60 Å². The van der Waals surface area contributed by atoms with E-state index in [0.717, 1.165) is 0 Å². The van der Waals surface area contributed by atoms with E-state index in [0.29, 0.717) is 0 Å². The summed E-state index contributed by atoms with van der Waals surface area (Å²) in [5.74, 6) is 0. The molecule has 0 aliphatic carbocycles. The van der Waals surface area contributed by atoms with Crippen molar-refractivity contribution in [1.82, 2.24) is 0 Å². The van der Waals surface area contributed by atoms with Gasteiger partial charge in [-0.15, -0.1) is 0 Å². The number of alkyl halides is 3. The van der Waals surface area contributed by atoms with Crippen molar-refractivity contribution in [3.8, 4) is 0 Å². The maximum Gasteiger partial charge on any atom is 0.523 e. The molecule has 1 N–H and O–H groups in total. The van der Waals surface area contributed by atoms with E-state index in [9.17, 15) is 31.3 Å². The molecule has 0 aromatic rings. The molecule has 0 spiro atoms. The molecule has 0 rings (SSSR count). The Morgan fingerprint density at radius 1 is 1.05 bits per heavy atom. The Bertz CT molecular complexity index is 445. The molecule has 12 heteroatoms. The van der Waals surface area contributed by atoms with Crippen molar-refractivity contribution >= 4 is 17.7 Å². The first-order valence-corrected chi connectivity index (χ1v) is 8.37. The van der Waals surface area contributed by atoms with Crippen LogP contribution in [0.2, 0.25) is 0 Å². The third kappa shape index (κ3) is 5.66. The molecule has 20 heavy (non-hydrogen) atoms. The molecule has 0 aliphatic rings. The molecule has 0 bridgehead atoms. The van der Waals surface area contributed by atoms with E-state index in [4.69, 9.17) is 9.05 Å². The van der Waals surface area contributed by atoms with E-state index < -0.39 is 41.5 Å². The normalized spacial score (nSPS) is 15.9. The number of rotatable bonds is 7. The molecule has 7 nitrogen and oxygen atoms in total. The fourth-order valence-corrected chi connectivity index (χ4v) is 3.47. The first kappa shape index (κ1) is 19.8. The van der Waals surface area contributed by atoms with Crippen molar-refractivity contribution in [2.45, 2.75) is 51.4 Å². The zero-order chi connectivity index (χ0) is 16.4. The van der Waals surface area contributed by atoms with Crippen molar-refractivity contribution in [1.29, 1.82) is 0 Å². The van der Waals surface area contributed by atoms with Crippen LogP contribution in [0.3, 0.4) is 0 Å². The Labute approximate surface area is 114 Å². The van der Waals surface area contributed by atoms with Crippen LogP contribution in [0.5, 0.6) is 0 Å². The van der Waals surface area contributed by atoms with Crippen molar-refractivity contribution in [3.05, 3.63) is 0 Å². The van der Waals surface area contributed by atoms with Crippen LogP contribution in [0.4, 0.5) is 13.2 Å². The topological polar surface area (TPSA) is 99.1 Å². The van der Waals surface area contributed by atoms with Gasteiger partial charge in [-0.2, -0.15) is 21.6 Å². The number of aliphatic hydroxyl groups excluding tert-OH is 1. The summed E-state index contributed by atoms with van der Waals surface area (Å²) in [5, 5.41) is 9.35. The summed E-state index contributed by atoms with van der Waals surface area (Å²) < 4.78 is 82.8. The van der Waals surface area contributed by atoms with Crippen molar-refractivity contribution in [3.63, 3.8) is 0 Å². The van der Waals surface area contributed by atoms with Gasteiger partial charge in [-0.1, -0.05) is 0 Å². The molecule has 122 valence electrons. The van der Waals surface area contributed by atoms with Gasteiger partial charge in [0, 0.05) is 0 Å². The highest BCUT2D eigenvalue weighted by molar-refractivity contribution is 7.87. The Balaban J connectivity index is 5.27. The van der Waals surface area contributed by atoms with Gasteiger partial charge in [0.05, 0.1) is 12.2 Å². The van der Waals surface area contributed by atoms with Crippen molar-refractivity contribution in [2.24, 2.45) is 0 Å². The molecule has 0 unspecified atom stereocenters. The predicted molar refractivity (Wildman–Crippen MR) is 62.1 cm³/mol. The van der Waals surface area contributed by atoms with Gasteiger partial charge in [0.1, 0.15) is 0 Å². The Morgan fingerprint density at radius 3 is 1.65 bits per heavy atom. The third-order valence-electron chi connectivity index (χ3n) is 1.48. The van der Waals surface area contributed by atoms with Crippen LogP contribution < -0.4 is 0 Å². The average molecular weight is 344 g/mol. The van der Waals surface area contributed by atoms with Gasteiger partial charge in [0.25, 0.3) is 6.03 Å². The number of hydrogen-bond donors (Lipinski definition) is 1. The maximum absolute atomic E-state index is 12.1. The lowest BCUT2D eigenvalue weighted by atomic mass is 10.5. The van der Waals surface area contributed by atoms with Crippen LogP contribution in [0.1, 0.15) is 27.7 Å². The van der Waals surface area contributed by atoms with E-state index in [2.05, 4.69) is 4.18 Å². The molecule has 0 aromatic carbocycles. The van der Waals surface area contributed by atoms with E-state index in [-0.39, 0.29) is 0 Å². The molecule has 0 radical (unpaired) electrons. The zero-order valence-corrected chi connectivity index (χ0v) is 12.8. The fraction of sp³-hybridized carbons (Fsp3) is 1.00. The summed E-state index contributed by atoms with van der Waals surface area (Å²) in [7, 11) is -10.8. The quantitative estimate of drug-likeness (QED) is 0.327. The number of halogens is 3. The molecule has 0 heterocycles. The van der Waals surface area contributed by atoms with Crippen LogP contribution in [0, 0.1) is 0 Å². The Kier molecular flexibility index (Phi) is 6.65. The molecule has 0 amide bonds. The lowest BCUT2D eigenvalue weighted by Gasteiger charge is -2.26.